The van der Waals surface area contributed by atoms with Crippen LogP contribution in [0.5, 0.6) is 0 Å². The van der Waals surface area contributed by atoms with Crippen LogP contribution >= 0.6 is 11.8 Å². The van der Waals surface area contributed by atoms with Gasteiger partial charge >= 0.3 is 0 Å². The van der Waals surface area contributed by atoms with Crippen LogP contribution in [0.1, 0.15) is 22.3 Å². The van der Waals surface area contributed by atoms with Crippen molar-refractivity contribution in [1.82, 2.24) is 30.0 Å². The molecule has 3 aromatic carbocycles. The van der Waals surface area contributed by atoms with Gasteiger partial charge in [0.15, 0.2) is 0 Å². The van der Waals surface area contributed by atoms with Crippen LogP contribution in [0.4, 0.5) is 5.69 Å². The molecule has 10 heteroatoms. The minimum Gasteiger partial charge on any atom is -0.258 e. The van der Waals surface area contributed by atoms with E-state index in [2.05, 4.69) is 59.6 Å². The number of non-ortho nitro benzene ring substituents is 1. The summed E-state index contributed by atoms with van der Waals surface area (Å²) >= 11 is 1.67. The van der Waals surface area contributed by atoms with Gasteiger partial charge in [-0.05, 0) is 53.4 Å². The molecule has 9 nitrogen and oxygen atoms in total. The van der Waals surface area contributed by atoms with Gasteiger partial charge in [0.2, 0.25) is 5.82 Å². The minimum atomic E-state index is -0.419. The Morgan fingerprint density at radius 3 is 2.36 bits per heavy atom. The number of nitrogens with zero attached hydrogens (tertiary/aromatic N) is 7. The van der Waals surface area contributed by atoms with Gasteiger partial charge in [-0.3, -0.25) is 10.1 Å². The quantitative estimate of drug-likeness (QED) is 0.161. The fraction of sp³-hybridized carbons (Fsp3) is 0.154. The first-order chi connectivity index (χ1) is 17.5. The van der Waals surface area contributed by atoms with E-state index in [4.69, 9.17) is 5.10 Å². The fourth-order valence-electron chi connectivity index (χ4n) is 3.92. The molecule has 0 spiro atoms. The highest BCUT2D eigenvalue weighted by Crippen LogP contribution is 2.34. The average molecular weight is 498 g/mol. The number of thioether (sulfide) groups is 1. The molecular formula is C26H23N7O2S. The SMILES string of the molecule is Cc1cc(C)cc(-n2ncc(-c3nnn(Cc4ccc([N+](=O)[O-])cc4)n3)c2SCc2ccccc2)c1. The molecular weight excluding hydrogens is 474 g/mol. The van der Waals surface area contributed by atoms with Crippen LogP contribution in [0.25, 0.3) is 17.1 Å². The van der Waals surface area contributed by atoms with Crippen LogP contribution in [0.3, 0.4) is 0 Å². The third-order valence-corrected chi connectivity index (χ3v) is 6.70. The molecule has 5 rings (SSSR count). The largest absolute Gasteiger partial charge is 0.269 e. The van der Waals surface area contributed by atoms with Crippen molar-refractivity contribution in [3.63, 3.8) is 0 Å². The topological polar surface area (TPSA) is 105 Å². The smallest absolute Gasteiger partial charge is 0.258 e. The van der Waals surface area contributed by atoms with E-state index in [0.29, 0.717) is 12.4 Å². The van der Waals surface area contributed by atoms with Crippen molar-refractivity contribution in [1.29, 1.82) is 0 Å². The molecule has 36 heavy (non-hydrogen) atoms. The molecule has 0 saturated heterocycles. The Morgan fingerprint density at radius 1 is 0.944 bits per heavy atom. The number of tetrazole rings is 1. The van der Waals surface area contributed by atoms with Crippen molar-refractivity contribution in [2.24, 2.45) is 0 Å². The summed E-state index contributed by atoms with van der Waals surface area (Å²) in [5.74, 6) is 1.24. The predicted molar refractivity (Wildman–Crippen MR) is 138 cm³/mol. The maximum Gasteiger partial charge on any atom is 0.269 e. The highest BCUT2D eigenvalue weighted by Gasteiger charge is 2.19. The standard InChI is InChI=1S/C26H23N7O2S/c1-18-12-19(2)14-23(13-18)32-26(36-17-21-6-4-3-5-7-21)24(15-27-32)25-28-30-31(29-25)16-20-8-10-22(11-9-20)33(34)35/h3-15H,16-17H2,1-2H3. The summed E-state index contributed by atoms with van der Waals surface area (Å²) in [4.78, 5) is 12.0. The lowest BCUT2D eigenvalue weighted by Crippen LogP contribution is -2.04. The molecule has 0 N–H and O–H groups in total. The summed E-state index contributed by atoms with van der Waals surface area (Å²) in [7, 11) is 0. The number of nitro groups is 1. The Kier molecular flexibility index (Phi) is 6.59. The Balaban J connectivity index is 1.46. The predicted octanol–water partition coefficient (Wildman–Crippen LogP) is 5.39. The van der Waals surface area contributed by atoms with Crippen LogP contribution in [0.2, 0.25) is 0 Å². The maximum atomic E-state index is 10.9. The number of rotatable bonds is 8. The number of hydrogen-bond acceptors (Lipinski definition) is 7. The number of nitro benzene ring substituents is 1. The van der Waals surface area contributed by atoms with E-state index in [1.54, 1.807) is 30.1 Å². The van der Waals surface area contributed by atoms with Gasteiger partial charge in [-0.15, -0.1) is 22.0 Å². The second-order valence-electron chi connectivity index (χ2n) is 8.46. The Bertz CT molecular complexity index is 1490. The zero-order valence-corrected chi connectivity index (χ0v) is 20.6. The first-order valence-corrected chi connectivity index (χ1v) is 12.3. The monoisotopic (exact) mass is 497 g/mol. The molecule has 2 aromatic heterocycles. The van der Waals surface area contributed by atoms with Gasteiger partial charge in [0.05, 0.1) is 28.9 Å². The van der Waals surface area contributed by atoms with Gasteiger partial charge in [0.25, 0.3) is 5.69 Å². The van der Waals surface area contributed by atoms with Crippen LogP contribution in [-0.2, 0) is 12.3 Å². The van der Waals surface area contributed by atoms with E-state index in [1.165, 1.54) is 22.5 Å². The van der Waals surface area contributed by atoms with Gasteiger partial charge in [0.1, 0.15) is 5.03 Å². The highest BCUT2D eigenvalue weighted by molar-refractivity contribution is 7.98. The van der Waals surface area contributed by atoms with E-state index < -0.39 is 4.92 Å². The van der Waals surface area contributed by atoms with Crippen molar-refractivity contribution in [3.8, 4) is 17.1 Å². The summed E-state index contributed by atoms with van der Waals surface area (Å²) in [6.45, 7) is 4.49. The summed E-state index contributed by atoms with van der Waals surface area (Å²) in [5, 5.41) is 29.6. The third kappa shape index (κ3) is 5.18. The molecule has 0 unspecified atom stereocenters. The second-order valence-corrected chi connectivity index (χ2v) is 9.43. The molecule has 0 amide bonds. The summed E-state index contributed by atoms with van der Waals surface area (Å²) in [5.41, 5.74) is 6.19. The number of hydrogen-bond donors (Lipinski definition) is 0. The van der Waals surface area contributed by atoms with Crippen LogP contribution in [0.15, 0.2) is 84.0 Å². The molecule has 0 bridgehead atoms. The lowest BCUT2D eigenvalue weighted by atomic mass is 10.1. The number of aryl methyl sites for hydroxylation is 2. The summed E-state index contributed by atoms with van der Waals surface area (Å²) in [6, 6.07) is 22.9. The van der Waals surface area contributed by atoms with E-state index >= 15 is 0 Å². The molecule has 0 saturated carbocycles. The Morgan fingerprint density at radius 2 is 1.67 bits per heavy atom. The van der Waals surface area contributed by atoms with Gasteiger partial charge in [-0.25, -0.2) is 4.68 Å². The van der Waals surface area contributed by atoms with Crippen molar-refractivity contribution in [2.45, 2.75) is 31.2 Å². The van der Waals surface area contributed by atoms with Crippen molar-refractivity contribution >= 4 is 17.4 Å². The van der Waals surface area contributed by atoms with E-state index in [0.717, 1.165) is 38.7 Å². The molecule has 0 radical (unpaired) electrons. The zero-order valence-electron chi connectivity index (χ0n) is 19.8. The fourth-order valence-corrected chi connectivity index (χ4v) is 4.99. The molecule has 0 atom stereocenters. The number of benzene rings is 3. The minimum absolute atomic E-state index is 0.0462. The van der Waals surface area contributed by atoms with Crippen LogP contribution in [0, 0.1) is 24.0 Å². The molecule has 0 aliphatic rings. The molecule has 0 aliphatic carbocycles. The first-order valence-electron chi connectivity index (χ1n) is 11.3. The lowest BCUT2D eigenvalue weighted by Gasteiger charge is -2.10. The molecule has 0 aliphatic heterocycles. The Labute approximate surface area is 211 Å². The maximum absolute atomic E-state index is 10.9. The first kappa shape index (κ1) is 23.4. The van der Waals surface area contributed by atoms with Crippen molar-refractivity contribution < 1.29 is 4.92 Å². The van der Waals surface area contributed by atoms with Gasteiger partial charge in [-0.1, -0.05) is 48.5 Å². The normalized spacial score (nSPS) is 11.1. The van der Waals surface area contributed by atoms with Crippen LogP contribution in [-0.4, -0.2) is 34.9 Å². The molecule has 0 fully saturated rings. The lowest BCUT2D eigenvalue weighted by molar-refractivity contribution is -0.384. The van der Waals surface area contributed by atoms with E-state index in [-0.39, 0.29) is 5.69 Å². The molecule has 2 heterocycles. The number of aromatic nitrogens is 6. The highest BCUT2D eigenvalue weighted by atomic mass is 32.2. The summed E-state index contributed by atoms with van der Waals surface area (Å²) in [6.07, 6.45) is 1.78. The average Bonchev–Trinajstić information content (AvgIpc) is 3.50. The van der Waals surface area contributed by atoms with Crippen molar-refractivity contribution in [3.05, 3.63) is 111 Å². The van der Waals surface area contributed by atoms with Gasteiger partial charge in [-0.2, -0.15) is 9.90 Å². The third-order valence-electron chi connectivity index (χ3n) is 5.56. The van der Waals surface area contributed by atoms with Crippen molar-refractivity contribution in [2.75, 3.05) is 0 Å². The van der Waals surface area contributed by atoms with E-state index in [9.17, 15) is 10.1 Å². The van der Waals surface area contributed by atoms with Gasteiger partial charge < -0.3 is 0 Å². The van der Waals surface area contributed by atoms with Gasteiger partial charge in [0, 0.05) is 17.9 Å². The zero-order chi connectivity index (χ0) is 25.1. The molecule has 180 valence electrons. The summed E-state index contributed by atoms with van der Waals surface area (Å²) < 4.78 is 1.93. The second kappa shape index (κ2) is 10.1. The Hall–Kier alpha value is -4.31. The van der Waals surface area contributed by atoms with Crippen LogP contribution < -0.4 is 0 Å². The van der Waals surface area contributed by atoms with E-state index in [1.807, 2.05) is 22.9 Å². The molecule has 5 aromatic rings.